The molecule has 1 saturated heterocycles. The van der Waals surface area contributed by atoms with Gasteiger partial charge in [0.05, 0.1) is 31.8 Å². The summed E-state index contributed by atoms with van der Waals surface area (Å²) in [4.78, 5) is 24.7. The Labute approximate surface area is 179 Å². The van der Waals surface area contributed by atoms with E-state index in [0.717, 1.165) is 29.3 Å². The number of benzene rings is 1. The van der Waals surface area contributed by atoms with E-state index in [0.29, 0.717) is 27.9 Å². The molecule has 4 rings (SSSR count). The van der Waals surface area contributed by atoms with E-state index in [1.54, 1.807) is 14.2 Å². The second-order valence-corrected chi connectivity index (χ2v) is 8.05. The zero-order valence-corrected chi connectivity index (χ0v) is 18.1. The van der Waals surface area contributed by atoms with Gasteiger partial charge in [-0.2, -0.15) is 0 Å². The van der Waals surface area contributed by atoms with Crippen molar-refractivity contribution in [2.45, 2.75) is 19.8 Å². The third kappa shape index (κ3) is 4.09. The lowest BCUT2D eigenvalue weighted by molar-refractivity contribution is 0.102. The SMILES string of the molecule is COc1ccc(-c2nc(C)c(C(=O)Nc3ccc(N4CCCC4)cn3)s2)cc1OC. The van der Waals surface area contributed by atoms with Crippen molar-refractivity contribution in [2.24, 2.45) is 0 Å². The third-order valence-corrected chi connectivity index (χ3v) is 6.30. The lowest BCUT2D eigenvalue weighted by Crippen LogP contribution is -2.18. The van der Waals surface area contributed by atoms with Crippen molar-refractivity contribution in [1.82, 2.24) is 9.97 Å². The molecule has 0 saturated carbocycles. The Morgan fingerprint density at radius 3 is 2.53 bits per heavy atom. The van der Waals surface area contributed by atoms with Crippen molar-refractivity contribution in [3.05, 3.63) is 47.1 Å². The van der Waals surface area contributed by atoms with Crippen LogP contribution in [0.15, 0.2) is 36.5 Å². The molecule has 0 radical (unpaired) electrons. The molecule has 1 fully saturated rings. The number of nitrogens with zero attached hydrogens (tertiary/aromatic N) is 3. The number of ether oxygens (including phenoxy) is 2. The number of amides is 1. The number of hydrogen-bond donors (Lipinski definition) is 1. The number of thiazole rings is 1. The third-order valence-electron chi connectivity index (χ3n) is 5.09. The van der Waals surface area contributed by atoms with E-state index in [-0.39, 0.29) is 5.91 Å². The second-order valence-electron chi connectivity index (χ2n) is 7.05. The molecule has 1 N–H and O–H groups in total. The van der Waals surface area contributed by atoms with E-state index in [9.17, 15) is 4.79 Å². The van der Waals surface area contributed by atoms with Crippen LogP contribution in [0, 0.1) is 6.92 Å². The first kappa shape index (κ1) is 20.2. The van der Waals surface area contributed by atoms with Crippen LogP contribution >= 0.6 is 11.3 Å². The Morgan fingerprint density at radius 2 is 1.87 bits per heavy atom. The van der Waals surface area contributed by atoms with Gasteiger partial charge in [0.15, 0.2) is 11.5 Å². The molecule has 0 atom stereocenters. The second kappa shape index (κ2) is 8.71. The van der Waals surface area contributed by atoms with Gasteiger partial charge in [0.2, 0.25) is 0 Å². The molecular formula is C22H24N4O3S. The van der Waals surface area contributed by atoms with Gasteiger partial charge >= 0.3 is 0 Å². The molecule has 2 aromatic heterocycles. The van der Waals surface area contributed by atoms with Crippen LogP contribution in [-0.2, 0) is 0 Å². The van der Waals surface area contributed by atoms with E-state index in [1.165, 1.54) is 24.2 Å². The van der Waals surface area contributed by atoms with Crippen LogP contribution in [0.25, 0.3) is 10.6 Å². The molecule has 8 heteroatoms. The summed E-state index contributed by atoms with van der Waals surface area (Å²) in [6.07, 6.45) is 4.24. The molecule has 1 aliphatic rings. The summed E-state index contributed by atoms with van der Waals surface area (Å²) < 4.78 is 10.7. The highest BCUT2D eigenvalue weighted by Crippen LogP contribution is 2.35. The molecule has 1 amide bonds. The molecule has 0 spiro atoms. The predicted octanol–water partition coefficient (Wildman–Crippen LogP) is 4.38. The number of carbonyl (C=O) groups excluding carboxylic acids is 1. The molecule has 0 bridgehead atoms. The van der Waals surface area contributed by atoms with Gasteiger partial charge in [0.25, 0.3) is 5.91 Å². The maximum absolute atomic E-state index is 12.8. The van der Waals surface area contributed by atoms with Crippen molar-refractivity contribution < 1.29 is 14.3 Å². The molecule has 3 aromatic rings. The highest BCUT2D eigenvalue weighted by atomic mass is 32.1. The first-order valence-electron chi connectivity index (χ1n) is 9.81. The van der Waals surface area contributed by atoms with E-state index in [1.807, 2.05) is 43.5 Å². The minimum Gasteiger partial charge on any atom is -0.493 e. The number of aryl methyl sites for hydroxylation is 1. The summed E-state index contributed by atoms with van der Waals surface area (Å²) in [6, 6.07) is 9.44. The highest BCUT2D eigenvalue weighted by Gasteiger charge is 2.18. The Bertz CT molecular complexity index is 1040. The van der Waals surface area contributed by atoms with E-state index in [2.05, 4.69) is 20.2 Å². The number of anilines is 2. The Balaban J connectivity index is 1.50. The zero-order valence-electron chi connectivity index (χ0n) is 17.3. The molecule has 1 aliphatic heterocycles. The minimum atomic E-state index is -0.210. The van der Waals surface area contributed by atoms with Crippen LogP contribution in [0.3, 0.4) is 0 Å². The van der Waals surface area contributed by atoms with Gasteiger partial charge in [-0.15, -0.1) is 11.3 Å². The number of hydrogen-bond acceptors (Lipinski definition) is 7. The zero-order chi connectivity index (χ0) is 21.1. The van der Waals surface area contributed by atoms with Crippen molar-refractivity contribution in [1.29, 1.82) is 0 Å². The minimum absolute atomic E-state index is 0.210. The Kier molecular flexibility index (Phi) is 5.85. The molecule has 3 heterocycles. The first-order chi connectivity index (χ1) is 14.6. The number of methoxy groups -OCH3 is 2. The summed E-state index contributed by atoms with van der Waals surface area (Å²) in [5.41, 5.74) is 2.64. The lowest BCUT2D eigenvalue weighted by atomic mass is 10.2. The molecule has 156 valence electrons. The van der Waals surface area contributed by atoms with Gasteiger partial charge in [-0.3, -0.25) is 4.79 Å². The molecule has 0 aliphatic carbocycles. The lowest BCUT2D eigenvalue weighted by Gasteiger charge is -2.17. The van der Waals surface area contributed by atoms with E-state index < -0.39 is 0 Å². The average molecular weight is 425 g/mol. The van der Waals surface area contributed by atoms with Crippen molar-refractivity contribution in [3.63, 3.8) is 0 Å². The van der Waals surface area contributed by atoms with Crippen LogP contribution in [-0.4, -0.2) is 43.2 Å². The topological polar surface area (TPSA) is 76.6 Å². The van der Waals surface area contributed by atoms with Gasteiger partial charge in [0.1, 0.15) is 15.7 Å². The predicted molar refractivity (Wildman–Crippen MR) is 119 cm³/mol. The molecular weight excluding hydrogens is 400 g/mol. The van der Waals surface area contributed by atoms with Gasteiger partial charge in [0, 0.05) is 18.7 Å². The monoisotopic (exact) mass is 424 g/mol. The summed E-state index contributed by atoms with van der Waals surface area (Å²) in [5, 5.41) is 3.63. The standard InChI is InChI=1S/C22H24N4O3S/c1-14-20(30-22(24-14)15-6-8-17(28-2)18(12-15)29-3)21(27)25-19-9-7-16(13-23-19)26-10-4-5-11-26/h6-9,12-13H,4-5,10-11H2,1-3H3,(H,23,25,27). The van der Waals surface area contributed by atoms with Gasteiger partial charge in [-0.1, -0.05) is 0 Å². The van der Waals surface area contributed by atoms with Crippen LogP contribution in [0.5, 0.6) is 11.5 Å². The van der Waals surface area contributed by atoms with Crippen LogP contribution in [0.4, 0.5) is 11.5 Å². The Hall–Kier alpha value is -3.13. The maximum atomic E-state index is 12.8. The van der Waals surface area contributed by atoms with Crippen LogP contribution in [0.2, 0.25) is 0 Å². The average Bonchev–Trinajstić information content (AvgIpc) is 3.44. The molecule has 0 unspecified atom stereocenters. The fourth-order valence-corrected chi connectivity index (χ4v) is 4.45. The maximum Gasteiger partial charge on any atom is 0.268 e. The molecule has 7 nitrogen and oxygen atoms in total. The van der Waals surface area contributed by atoms with E-state index in [4.69, 9.17) is 9.47 Å². The normalized spacial score (nSPS) is 13.4. The Morgan fingerprint density at radius 1 is 1.10 bits per heavy atom. The number of rotatable bonds is 6. The largest absolute Gasteiger partial charge is 0.493 e. The van der Waals surface area contributed by atoms with Gasteiger partial charge in [-0.05, 0) is 50.1 Å². The molecule has 1 aromatic carbocycles. The van der Waals surface area contributed by atoms with Crippen molar-refractivity contribution >= 4 is 28.7 Å². The number of pyridine rings is 1. The number of nitrogens with one attached hydrogen (secondary N) is 1. The number of carbonyl (C=O) groups is 1. The van der Waals surface area contributed by atoms with Crippen LogP contribution < -0.4 is 19.7 Å². The fraction of sp³-hybridized carbons (Fsp3) is 0.318. The summed E-state index contributed by atoms with van der Waals surface area (Å²) >= 11 is 1.34. The highest BCUT2D eigenvalue weighted by molar-refractivity contribution is 7.17. The van der Waals surface area contributed by atoms with Gasteiger partial charge < -0.3 is 19.7 Å². The van der Waals surface area contributed by atoms with E-state index >= 15 is 0 Å². The van der Waals surface area contributed by atoms with Gasteiger partial charge in [-0.25, -0.2) is 9.97 Å². The summed E-state index contributed by atoms with van der Waals surface area (Å²) in [6.45, 7) is 3.96. The summed E-state index contributed by atoms with van der Waals surface area (Å²) in [5.74, 6) is 1.59. The smallest absolute Gasteiger partial charge is 0.268 e. The van der Waals surface area contributed by atoms with Crippen molar-refractivity contribution in [3.8, 4) is 22.1 Å². The number of aromatic nitrogens is 2. The molecule has 30 heavy (non-hydrogen) atoms. The summed E-state index contributed by atoms with van der Waals surface area (Å²) in [7, 11) is 3.19. The van der Waals surface area contributed by atoms with Crippen LogP contribution in [0.1, 0.15) is 28.2 Å². The first-order valence-corrected chi connectivity index (χ1v) is 10.6. The quantitative estimate of drug-likeness (QED) is 0.633. The van der Waals surface area contributed by atoms with Crippen molar-refractivity contribution in [2.75, 3.05) is 37.5 Å². The fourth-order valence-electron chi connectivity index (χ4n) is 3.50.